The number of aryl methyl sites for hydroxylation is 1. The average Bonchev–Trinajstić information content (AvgIpc) is 2.59. The second-order valence-corrected chi connectivity index (χ2v) is 6.76. The number of benzene rings is 1. The number of rotatable bonds is 7. The van der Waals surface area contributed by atoms with E-state index in [1.165, 1.54) is 31.5 Å². The van der Waals surface area contributed by atoms with Crippen LogP contribution in [-0.2, 0) is 23.0 Å². The fourth-order valence-electron chi connectivity index (χ4n) is 2.12. The molecule has 1 aromatic heterocycles. The number of methoxy groups -OCH3 is 1. The number of sulfonamides is 1. The topological polar surface area (TPSA) is 106 Å². The van der Waals surface area contributed by atoms with Gasteiger partial charge in [0, 0.05) is 0 Å². The van der Waals surface area contributed by atoms with Gasteiger partial charge in [-0.1, -0.05) is 13.0 Å². The van der Waals surface area contributed by atoms with Crippen molar-refractivity contribution in [1.29, 1.82) is 0 Å². The molecule has 1 heterocycles. The van der Waals surface area contributed by atoms with Gasteiger partial charge in [0.25, 0.3) is 0 Å². The smallest absolute Gasteiger partial charge is 0.336 e. The van der Waals surface area contributed by atoms with E-state index in [9.17, 15) is 18.3 Å². The molecule has 0 spiro atoms. The lowest BCUT2D eigenvalue weighted by atomic mass is 10.1. The molecule has 0 aliphatic heterocycles. The van der Waals surface area contributed by atoms with Gasteiger partial charge in [0.1, 0.15) is 5.75 Å². The molecule has 8 heteroatoms. The van der Waals surface area contributed by atoms with E-state index in [0.29, 0.717) is 23.4 Å². The number of carboxylic acid groups (broad SMARTS) is 1. The number of hydrogen-bond donors (Lipinski definition) is 2. The average molecular weight is 350 g/mol. The van der Waals surface area contributed by atoms with Crippen molar-refractivity contribution in [3.8, 4) is 5.75 Å². The highest BCUT2D eigenvalue weighted by Gasteiger charge is 2.18. The van der Waals surface area contributed by atoms with Crippen LogP contribution in [0.5, 0.6) is 5.75 Å². The summed E-state index contributed by atoms with van der Waals surface area (Å²) in [6.07, 6.45) is 1.99. The molecule has 1 aromatic carbocycles. The predicted octanol–water partition coefficient (Wildman–Crippen LogP) is 1.83. The van der Waals surface area contributed by atoms with E-state index in [2.05, 4.69) is 9.71 Å². The lowest BCUT2D eigenvalue weighted by Crippen LogP contribution is -2.24. The molecule has 2 rings (SSSR count). The van der Waals surface area contributed by atoms with Crippen molar-refractivity contribution in [2.75, 3.05) is 7.11 Å². The standard InChI is InChI=1S/C16H18N2O5S/c1-3-11-4-7-14(8-15(11)16(19)20)24(21,22)18-9-12-5-6-13(23-2)10-17-12/h4-8,10,18H,3,9H2,1-2H3,(H,19,20). The summed E-state index contributed by atoms with van der Waals surface area (Å²) in [7, 11) is -2.33. The van der Waals surface area contributed by atoms with Crippen LogP contribution in [0.2, 0.25) is 0 Å². The van der Waals surface area contributed by atoms with Crippen molar-refractivity contribution >= 4 is 16.0 Å². The predicted molar refractivity (Wildman–Crippen MR) is 87.6 cm³/mol. The number of ether oxygens (including phenoxy) is 1. The molecule has 0 amide bonds. The molecule has 0 aliphatic carbocycles. The number of nitrogens with zero attached hydrogens (tertiary/aromatic N) is 1. The maximum atomic E-state index is 12.3. The van der Waals surface area contributed by atoms with Crippen molar-refractivity contribution in [2.45, 2.75) is 24.8 Å². The zero-order chi connectivity index (χ0) is 17.7. The quantitative estimate of drug-likeness (QED) is 0.789. The summed E-state index contributed by atoms with van der Waals surface area (Å²) in [5.74, 6) is -0.580. The van der Waals surface area contributed by atoms with Crippen molar-refractivity contribution in [3.05, 3.63) is 53.3 Å². The van der Waals surface area contributed by atoms with Crippen LogP contribution in [0.4, 0.5) is 0 Å². The van der Waals surface area contributed by atoms with Gasteiger partial charge < -0.3 is 9.84 Å². The van der Waals surface area contributed by atoms with E-state index in [4.69, 9.17) is 4.74 Å². The molecule has 0 radical (unpaired) electrons. The van der Waals surface area contributed by atoms with Crippen LogP contribution in [0.25, 0.3) is 0 Å². The summed E-state index contributed by atoms with van der Waals surface area (Å²) >= 11 is 0. The summed E-state index contributed by atoms with van der Waals surface area (Å²) in [5, 5.41) is 9.21. The third kappa shape index (κ3) is 4.09. The minimum Gasteiger partial charge on any atom is -0.495 e. The van der Waals surface area contributed by atoms with Crippen molar-refractivity contribution in [2.24, 2.45) is 0 Å². The highest BCUT2D eigenvalue weighted by molar-refractivity contribution is 7.89. The largest absolute Gasteiger partial charge is 0.495 e. The minimum atomic E-state index is -3.84. The first kappa shape index (κ1) is 17.9. The Labute approximate surface area is 140 Å². The zero-order valence-electron chi connectivity index (χ0n) is 13.3. The van der Waals surface area contributed by atoms with Crippen molar-refractivity contribution < 1.29 is 23.1 Å². The van der Waals surface area contributed by atoms with Gasteiger partial charge in [-0.3, -0.25) is 4.98 Å². The van der Waals surface area contributed by atoms with E-state index in [1.54, 1.807) is 12.1 Å². The first-order chi connectivity index (χ1) is 11.4. The third-order valence-corrected chi connectivity index (χ3v) is 4.88. The summed E-state index contributed by atoms with van der Waals surface area (Å²) in [4.78, 5) is 15.2. The Morgan fingerprint density at radius 3 is 2.58 bits per heavy atom. The summed E-state index contributed by atoms with van der Waals surface area (Å²) in [6.45, 7) is 1.80. The Bertz CT molecular complexity index is 832. The molecule has 2 aromatic rings. The molecule has 0 atom stereocenters. The molecule has 2 N–H and O–H groups in total. The van der Waals surface area contributed by atoms with Crippen LogP contribution >= 0.6 is 0 Å². The number of hydrogen-bond acceptors (Lipinski definition) is 5. The molecular weight excluding hydrogens is 332 g/mol. The number of nitrogens with one attached hydrogen (secondary N) is 1. The second kappa shape index (κ2) is 7.41. The highest BCUT2D eigenvalue weighted by Crippen LogP contribution is 2.17. The number of carboxylic acids is 1. The molecule has 0 unspecified atom stereocenters. The van der Waals surface area contributed by atoms with E-state index >= 15 is 0 Å². The molecule has 0 fully saturated rings. The van der Waals surface area contributed by atoms with Crippen LogP contribution < -0.4 is 9.46 Å². The molecule has 7 nitrogen and oxygen atoms in total. The van der Waals surface area contributed by atoms with Crippen LogP contribution in [0.15, 0.2) is 41.4 Å². The van der Waals surface area contributed by atoms with Crippen LogP contribution in [0, 0.1) is 0 Å². The maximum Gasteiger partial charge on any atom is 0.336 e. The summed E-state index contributed by atoms with van der Waals surface area (Å²) in [6, 6.07) is 7.41. The molecule has 0 saturated heterocycles. The Kier molecular flexibility index (Phi) is 5.53. The number of aromatic nitrogens is 1. The van der Waals surface area contributed by atoms with Crippen LogP contribution in [0.3, 0.4) is 0 Å². The van der Waals surface area contributed by atoms with E-state index < -0.39 is 16.0 Å². The van der Waals surface area contributed by atoms with Gasteiger partial charge in [-0.05, 0) is 36.2 Å². The maximum absolute atomic E-state index is 12.3. The fourth-order valence-corrected chi connectivity index (χ4v) is 3.14. The molecule has 0 bridgehead atoms. The Morgan fingerprint density at radius 1 is 1.29 bits per heavy atom. The summed E-state index contributed by atoms with van der Waals surface area (Å²) in [5.41, 5.74) is 1.09. The van der Waals surface area contributed by atoms with Gasteiger partial charge in [0.2, 0.25) is 10.0 Å². The second-order valence-electron chi connectivity index (χ2n) is 4.99. The fraction of sp³-hybridized carbons (Fsp3) is 0.250. The van der Waals surface area contributed by atoms with E-state index in [1.807, 2.05) is 6.92 Å². The van der Waals surface area contributed by atoms with Gasteiger partial charge in [-0.25, -0.2) is 17.9 Å². The lowest BCUT2D eigenvalue weighted by Gasteiger charge is -2.10. The van der Waals surface area contributed by atoms with Crippen molar-refractivity contribution in [3.63, 3.8) is 0 Å². The molecular formula is C16H18N2O5S. The molecule has 24 heavy (non-hydrogen) atoms. The van der Waals surface area contributed by atoms with Gasteiger partial charge in [0.15, 0.2) is 0 Å². The first-order valence-electron chi connectivity index (χ1n) is 7.22. The lowest BCUT2D eigenvalue weighted by molar-refractivity contribution is 0.0695. The van der Waals surface area contributed by atoms with Gasteiger partial charge in [0.05, 0.1) is 36.0 Å². The van der Waals surface area contributed by atoms with Gasteiger partial charge in [-0.15, -0.1) is 0 Å². The Morgan fingerprint density at radius 2 is 2.04 bits per heavy atom. The van der Waals surface area contributed by atoms with Gasteiger partial charge in [-0.2, -0.15) is 0 Å². The van der Waals surface area contributed by atoms with Crippen LogP contribution in [0.1, 0.15) is 28.5 Å². The summed E-state index contributed by atoms with van der Waals surface area (Å²) < 4.78 is 32.1. The van der Waals surface area contributed by atoms with Crippen molar-refractivity contribution in [1.82, 2.24) is 9.71 Å². The van der Waals surface area contributed by atoms with Crippen LogP contribution in [-0.4, -0.2) is 31.6 Å². The normalized spacial score (nSPS) is 11.2. The Hall–Kier alpha value is -2.45. The number of carbonyl (C=O) groups is 1. The minimum absolute atomic E-state index is 0.00966. The molecule has 0 aliphatic rings. The molecule has 0 saturated carbocycles. The SMILES string of the molecule is CCc1ccc(S(=O)(=O)NCc2ccc(OC)cn2)cc1C(=O)O. The Balaban J connectivity index is 2.20. The monoisotopic (exact) mass is 350 g/mol. The zero-order valence-corrected chi connectivity index (χ0v) is 14.1. The van der Waals surface area contributed by atoms with Gasteiger partial charge >= 0.3 is 5.97 Å². The number of aromatic carboxylic acids is 1. The van der Waals surface area contributed by atoms with E-state index in [0.717, 1.165) is 0 Å². The molecule has 128 valence electrons. The first-order valence-corrected chi connectivity index (χ1v) is 8.70. The highest BCUT2D eigenvalue weighted by atomic mass is 32.2. The third-order valence-electron chi connectivity index (χ3n) is 3.48. The number of pyridine rings is 1. The van der Waals surface area contributed by atoms with E-state index in [-0.39, 0.29) is 17.0 Å².